The number of halogens is 1. The molecule has 3 amide bonds. The predicted molar refractivity (Wildman–Crippen MR) is 116 cm³/mol. The Kier molecular flexibility index (Phi) is 8.01. The van der Waals surface area contributed by atoms with Gasteiger partial charge < -0.3 is 29.8 Å². The maximum absolute atomic E-state index is 12.9. The lowest BCUT2D eigenvalue weighted by atomic mass is 10.2. The highest BCUT2D eigenvalue weighted by Gasteiger charge is 2.14. The molecule has 3 rings (SSSR count). The van der Waals surface area contributed by atoms with Crippen molar-refractivity contribution in [2.24, 2.45) is 0 Å². The van der Waals surface area contributed by atoms with Crippen LogP contribution in [0.4, 0.5) is 10.1 Å². The molecule has 0 aliphatic rings. The molecular formula is C23H22FN3O6. The fourth-order valence-electron chi connectivity index (χ4n) is 2.73. The fraction of sp³-hybridized carbons (Fsp3) is 0.174. The van der Waals surface area contributed by atoms with Crippen LogP contribution in [-0.4, -0.2) is 38.0 Å². The molecule has 0 saturated heterocycles. The Morgan fingerprint density at radius 2 is 1.76 bits per heavy atom. The van der Waals surface area contributed by atoms with Gasteiger partial charge in [-0.2, -0.15) is 0 Å². The van der Waals surface area contributed by atoms with Crippen LogP contribution in [0.15, 0.2) is 65.3 Å². The number of anilines is 1. The number of hydrogen-bond donors (Lipinski definition) is 3. The molecule has 172 valence electrons. The summed E-state index contributed by atoms with van der Waals surface area (Å²) in [6.07, 6.45) is 1.50. The lowest BCUT2D eigenvalue weighted by Gasteiger charge is -2.12. The Morgan fingerprint density at radius 3 is 2.45 bits per heavy atom. The van der Waals surface area contributed by atoms with Gasteiger partial charge in [-0.1, -0.05) is 0 Å². The number of rotatable bonds is 10. The summed E-state index contributed by atoms with van der Waals surface area (Å²) in [5.74, 6) is -0.639. The smallest absolute Gasteiger partial charge is 0.262 e. The third-order valence-corrected chi connectivity index (χ3v) is 4.36. The maximum Gasteiger partial charge on any atom is 0.262 e. The van der Waals surface area contributed by atoms with Crippen LogP contribution in [0.2, 0.25) is 0 Å². The Balaban J connectivity index is 1.49. The predicted octanol–water partition coefficient (Wildman–Crippen LogP) is 2.49. The van der Waals surface area contributed by atoms with E-state index in [0.717, 1.165) is 0 Å². The van der Waals surface area contributed by atoms with Gasteiger partial charge in [0, 0.05) is 11.3 Å². The molecule has 0 aliphatic heterocycles. The van der Waals surface area contributed by atoms with E-state index in [1.165, 1.54) is 55.8 Å². The lowest BCUT2D eigenvalue weighted by Crippen LogP contribution is -2.36. The molecule has 1 heterocycles. The van der Waals surface area contributed by atoms with Crippen LogP contribution < -0.4 is 25.4 Å². The van der Waals surface area contributed by atoms with Gasteiger partial charge in [-0.3, -0.25) is 14.4 Å². The first kappa shape index (κ1) is 23.3. The van der Waals surface area contributed by atoms with Gasteiger partial charge >= 0.3 is 0 Å². The molecule has 0 fully saturated rings. The normalized spacial score (nSPS) is 10.2. The van der Waals surface area contributed by atoms with Crippen LogP contribution in [0.5, 0.6) is 11.5 Å². The van der Waals surface area contributed by atoms with E-state index in [2.05, 4.69) is 16.0 Å². The molecule has 0 unspecified atom stereocenters. The first-order valence-corrected chi connectivity index (χ1v) is 9.88. The van der Waals surface area contributed by atoms with Gasteiger partial charge in [0.2, 0.25) is 5.91 Å². The molecule has 0 radical (unpaired) electrons. The van der Waals surface area contributed by atoms with Crippen LogP contribution in [0.3, 0.4) is 0 Å². The second-order valence-electron chi connectivity index (χ2n) is 6.75. The van der Waals surface area contributed by atoms with Crippen LogP contribution in [-0.2, 0) is 16.1 Å². The maximum atomic E-state index is 12.9. The van der Waals surface area contributed by atoms with Crippen LogP contribution in [0.25, 0.3) is 0 Å². The first-order valence-electron chi connectivity index (χ1n) is 9.88. The van der Waals surface area contributed by atoms with Gasteiger partial charge in [0.05, 0.1) is 26.5 Å². The third kappa shape index (κ3) is 7.10. The van der Waals surface area contributed by atoms with Crippen molar-refractivity contribution in [1.29, 1.82) is 0 Å². The number of carbonyl (C=O) groups is 3. The van der Waals surface area contributed by atoms with E-state index in [9.17, 15) is 18.8 Å². The van der Waals surface area contributed by atoms with Gasteiger partial charge in [0.25, 0.3) is 11.8 Å². The highest BCUT2D eigenvalue weighted by molar-refractivity contribution is 5.97. The Morgan fingerprint density at radius 1 is 0.970 bits per heavy atom. The second kappa shape index (κ2) is 11.3. The monoisotopic (exact) mass is 455 g/mol. The minimum atomic E-state index is -0.484. The van der Waals surface area contributed by atoms with Gasteiger partial charge in [-0.15, -0.1) is 0 Å². The number of ether oxygens (including phenoxy) is 2. The van der Waals surface area contributed by atoms with Crippen LogP contribution in [0.1, 0.15) is 16.1 Å². The molecule has 10 heteroatoms. The van der Waals surface area contributed by atoms with Crippen molar-refractivity contribution in [2.45, 2.75) is 6.54 Å². The molecule has 0 atom stereocenters. The topological polar surface area (TPSA) is 119 Å². The average Bonchev–Trinajstić information content (AvgIpc) is 3.35. The minimum Gasteiger partial charge on any atom is -0.493 e. The van der Waals surface area contributed by atoms with Crippen molar-refractivity contribution < 1.29 is 32.7 Å². The molecule has 0 bridgehead atoms. The van der Waals surface area contributed by atoms with Crippen molar-refractivity contribution in [1.82, 2.24) is 10.6 Å². The van der Waals surface area contributed by atoms with E-state index in [1.807, 2.05) is 0 Å². The fourth-order valence-corrected chi connectivity index (χ4v) is 2.73. The molecular weight excluding hydrogens is 433 g/mol. The molecule has 2 aromatic carbocycles. The largest absolute Gasteiger partial charge is 0.493 e. The molecule has 0 spiro atoms. The summed E-state index contributed by atoms with van der Waals surface area (Å²) in [6, 6.07) is 13.1. The number of methoxy groups -OCH3 is 1. The molecule has 3 N–H and O–H groups in total. The number of amides is 3. The average molecular weight is 455 g/mol. The van der Waals surface area contributed by atoms with Crippen LogP contribution in [0, 0.1) is 5.82 Å². The lowest BCUT2D eigenvalue weighted by molar-refractivity contribution is -0.120. The van der Waals surface area contributed by atoms with Crippen LogP contribution >= 0.6 is 0 Å². The highest BCUT2D eigenvalue weighted by Crippen LogP contribution is 2.28. The Labute approximate surface area is 188 Å². The SMILES string of the molecule is COc1cc(C(=O)NCC(=O)NCc2ccco2)ccc1OCC(=O)Nc1ccc(F)cc1. The Hall–Kier alpha value is -4.34. The van der Waals surface area contributed by atoms with Crippen molar-refractivity contribution in [2.75, 3.05) is 25.6 Å². The minimum absolute atomic E-state index is 0.219. The van der Waals surface area contributed by atoms with Gasteiger partial charge in [-0.25, -0.2) is 4.39 Å². The van der Waals surface area contributed by atoms with Gasteiger partial charge in [-0.05, 0) is 54.6 Å². The molecule has 1 aromatic heterocycles. The third-order valence-electron chi connectivity index (χ3n) is 4.36. The van der Waals surface area contributed by atoms with Crippen molar-refractivity contribution in [3.63, 3.8) is 0 Å². The summed E-state index contributed by atoms with van der Waals surface area (Å²) >= 11 is 0. The number of hydrogen-bond acceptors (Lipinski definition) is 6. The first-order chi connectivity index (χ1) is 15.9. The zero-order chi connectivity index (χ0) is 23.6. The van der Waals surface area contributed by atoms with E-state index in [1.54, 1.807) is 12.1 Å². The summed E-state index contributed by atoms with van der Waals surface area (Å²) in [6.45, 7) is -0.324. The van der Waals surface area contributed by atoms with Gasteiger partial charge in [0.1, 0.15) is 11.6 Å². The van der Waals surface area contributed by atoms with E-state index >= 15 is 0 Å². The zero-order valence-electron chi connectivity index (χ0n) is 17.7. The number of furan rings is 1. The van der Waals surface area contributed by atoms with E-state index in [0.29, 0.717) is 11.4 Å². The quantitative estimate of drug-likeness (QED) is 0.432. The van der Waals surface area contributed by atoms with E-state index in [4.69, 9.17) is 13.9 Å². The summed E-state index contributed by atoms with van der Waals surface area (Å²) in [5.41, 5.74) is 0.672. The van der Waals surface area contributed by atoms with E-state index in [-0.39, 0.29) is 42.7 Å². The van der Waals surface area contributed by atoms with Gasteiger partial charge in [0.15, 0.2) is 18.1 Å². The number of carbonyl (C=O) groups excluding carboxylic acids is 3. The number of nitrogens with one attached hydrogen (secondary N) is 3. The second-order valence-corrected chi connectivity index (χ2v) is 6.75. The number of benzene rings is 2. The molecule has 33 heavy (non-hydrogen) atoms. The van der Waals surface area contributed by atoms with Crippen molar-refractivity contribution in [3.8, 4) is 11.5 Å². The molecule has 3 aromatic rings. The standard InChI is InChI=1S/C23H22FN3O6/c1-31-20-11-15(23(30)26-13-21(28)25-12-18-3-2-10-32-18)4-9-19(20)33-14-22(29)27-17-7-5-16(24)6-8-17/h2-11H,12-14H2,1H3,(H,25,28)(H,26,30)(H,27,29). The van der Waals surface area contributed by atoms with Crippen molar-refractivity contribution >= 4 is 23.4 Å². The Bertz CT molecular complexity index is 1100. The molecule has 0 saturated carbocycles. The molecule has 9 nitrogen and oxygen atoms in total. The van der Waals surface area contributed by atoms with Crippen molar-refractivity contribution in [3.05, 3.63) is 78.0 Å². The summed E-state index contributed by atoms with van der Waals surface area (Å²) in [4.78, 5) is 36.3. The molecule has 0 aliphatic carbocycles. The summed E-state index contributed by atoms with van der Waals surface area (Å²) in [7, 11) is 1.39. The zero-order valence-corrected chi connectivity index (χ0v) is 17.7. The van der Waals surface area contributed by atoms with E-state index < -0.39 is 17.6 Å². The highest BCUT2D eigenvalue weighted by atomic mass is 19.1. The summed E-state index contributed by atoms with van der Waals surface area (Å²) < 4.78 is 28.8. The summed E-state index contributed by atoms with van der Waals surface area (Å²) in [5, 5.41) is 7.71.